The second-order valence-corrected chi connectivity index (χ2v) is 5.06. The normalized spacial score (nSPS) is 10.2. The average molecular weight is 298 g/mol. The molecule has 116 valence electrons. The van der Waals surface area contributed by atoms with Crippen LogP contribution in [0.2, 0.25) is 0 Å². The summed E-state index contributed by atoms with van der Waals surface area (Å²) in [5.74, 6) is 0.852. The van der Waals surface area contributed by atoms with Crippen molar-refractivity contribution in [1.82, 2.24) is 5.32 Å². The summed E-state index contributed by atoms with van der Waals surface area (Å²) in [6.45, 7) is 1.58. The molecule has 0 radical (unpaired) electrons. The average Bonchev–Trinajstić information content (AvgIpc) is 2.55. The molecule has 1 amide bonds. The Labute approximate surface area is 131 Å². The van der Waals surface area contributed by atoms with E-state index in [0.717, 1.165) is 17.7 Å². The molecule has 0 saturated heterocycles. The highest BCUT2D eigenvalue weighted by atomic mass is 16.5. The Hall–Kier alpha value is -2.33. The van der Waals surface area contributed by atoms with Crippen molar-refractivity contribution in [2.75, 3.05) is 13.1 Å². The summed E-state index contributed by atoms with van der Waals surface area (Å²) in [4.78, 5) is 11.3. The third kappa shape index (κ3) is 5.58. The SMILES string of the molecule is NCCC(=O)NCCc1ccc(OCc2ccccc2)cc1. The Morgan fingerprint density at radius 3 is 2.41 bits per heavy atom. The largest absolute Gasteiger partial charge is 0.489 e. The molecule has 0 unspecified atom stereocenters. The second kappa shape index (κ2) is 8.85. The van der Waals surface area contributed by atoms with E-state index in [2.05, 4.69) is 5.32 Å². The molecule has 0 fully saturated rings. The number of rotatable bonds is 8. The number of benzene rings is 2. The van der Waals surface area contributed by atoms with Crippen molar-refractivity contribution in [2.45, 2.75) is 19.4 Å². The van der Waals surface area contributed by atoms with Crippen molar-refractivity contribution in [2.24, 2.45) is 5.73 Å². The minimum atomic E-state index is 0.00492. The molecule has 0 bridgehead atoms. The maximum Gasteiger partial charge on any atom is 0.221 e. The molecule has 0 saturated carbocycles. The van der Waals surface area contributed by atoms with Crippen molar-refractivity contribution >= 4 is 5.91 Å². The van der Waals surface area contributed by atoms with E-state index < -0.39 is 0 Å². The van der Waals surface area contributed by atoms with Crippen LogP contribution < -0.4 is 15.8 Å². The van der Waals surface area contributed by atoms with Gasteiger partial charge in [-0.15, -0.1) is 0 Å². The van der Waals surface area contributed by atoms with Crippen LogP contribution in [-0.4, -0.2) is 19.0 Å². The lowest BCUT2D eigenvalue weighted by Gasteiger charge is -2.08. The zero-order valence-electron chi connectivity index (χ0n) is 12.6. The lowest BCUT2D eigenvalue weighted by Crippen LogP contribution is -2.27. The van der Waals surface area contributed by atoms with E-state index in [9.17, 15) is 4.79 Å². The first-order chi connectivity index (χ1) is 10.8. The number of hydrogen-bond donors (Lipinski definition) is 2. The van der Waals surface area contributed by atoms with Crippen molar-refractivity contribution in [3.8, 4) is 5.75 Å². The molecule has 22 heavy (non-hydrogen) atoms. The number of carbonyl (C=O) groups excluding carboxylic acids is 1. The van der Waals surface area contributed by atoms with Gasteiger partial charge in [-0.3, -0.25) is 4.79 Å². The maximum atomic E-state index is 11.3. The van der Waals surface area contributed by atoms with Gasteiger partial charge in [0.15, 0.2) is 0 Å². The molecule has 4 heteroatoms. The van der Waals surface area contributed by atoms with Crippen LogP contribution in [0.4, 0.5) is 0 Å². The molecule has 2 rings (SSSR count). The summed E-state index contributed by atoms with van der Waals surface area (Å²) in [7, 11) is 0. The third-order valence-electron chi connectivity index (χ3n) is 3.28. The summed E-state index contributed by atoms with van der Waals surface area (Å²) in [6.07, 6.45) is 1.18. The summed E-state index contributed by atoms with van der Waals surface area (Å²) < 4.78 is 5.74. The standard InChI is InChI=1S/C18H22N2O2/c19-12-10-18(21)20-13-11-15-6-8-17(9-7-15)22-14-16-4-2-1-3-5-16/h1-9H,10-14,19H2,(H,20,21). The second-order valence-electron chi connectivity index (χ2n) is 5.06. The topological polar surface area (TPSA) is 64.4 Å². The number of ether oxygens (including phenoxy) is 1. The molecular weight excluding hydrogens is 276 g/mol. The number of nitrogens with one attached hydrogen (secondary N) is 1. The van der Waals surface area contributed by atoms with E-state index in [-0.39, 0.29) is 5.91 Å². The zero-order chi connectivity index (χ0) is 15.6. The number of nitrogens with two attached hydrogens (primary N) is 1. The Morgan fingerprint density at radius 1 is 1.00 bits per heavy atom. The van der Waals surface area contributed by atoms with E-state index in [4.69, 9.17) is 10.5 Å². The van der Waals surface area contributed by atoms with Crippen molar-refractivity contribution in [1.29, 1.82) is 0 Å². The molecule has 0 spiro atoms. The first-order valence-corrected chi connectivity index (χ1v) is 7.50. The molecule has 4 nitrogen and oxygen atoms in total. The lowest BCUT2D eigenvalue weighted by atomic mass is 10.1. The molecule has 2 aromatic rings. The molecule has 0 aliphatic carbocycles. The molecule has 0 heterocycles. The van der Waals surface area contributed by atoms with Crippen LogP contribution in [0.5, 0.6) is 5.75 Å². The highest BCUT2D eigenvalue weighted by molar-refractivity contribution is 5.75. The fraction of sp³-hybridized carbons (Fsp3) is 0.278. The van der Waals surface area contributed by atoms with Gasteiger partial charge in [0.2, 0.25) is 5.91 Å². The lowest BCUT2D eigenvalue weighted by molar-refractivity contribution is -0.120. The smallest absolute Gasteiger partial charge is 0.221 e. The van der Waals surface area contributed by atoms with Gasteiger partial charge >= 0.3 is 0 Å². The predicted octanol–water partition coefficient (Wildman–Crippen LogP) is 2.27. The molecule has 0 aromatic heterocycles. The Kier molecular flexibility index (Phi) is 6.45. The molecule has 2 aromatic carbocycles. The Bertz CT molecular complexity index is 567. The van der Waals surface area contributed by atoms with Crippen LogP contribution in [0.3, 0.4) is 0 Å². The molecule has 3 N–H and O–H groups in total. The first kappa shape index (κ1) is 16.0. The van der Waals surface area contributed by atoms with Crippen LogP contribution >= 0.6 is 0 Å². The molecule has 0 aliphatic heterocycles. The number of hydrogen-bond acceptors (Lipinski definition) is 3. The minimum Gasteiger partial charge on any atom is -0.489 e. The summed E-state index contributed by atoms with van der Waals surface area (Å²) >= 11 is 0. The van der Waals surface area contributed by atoms with Gasteiger partial charge in [0.25, 0.3) is 0 Å². The quantitative estimate of drug-likeness (QED) is 0.786. The summed E-state index contributed by atoms with van der Waals surface area (Å²) in [6, 6.07) is 18.0. The monoisotopic (exact) mass is 298 g/mol. The van der Waals surface area contributed by atoms with E-state index >= 15 is 0 Å². The molecule has 0 aliphatic rings. The van der Waals surface area contributed by atoms with Gasteiger partial charge in [-0.25, -0.2) is 0 Å². The van der Waals surface area contributed by atoms with Gasteiger partial charge in [0.1, 0.15) is 12.4 Å². The van der Waals surface area contributed by atoms with E-state index in [1.807, 2.05) is 54.6 Å². The van der Waals surface area contributed by atoms with Gasteiger partial charge in [-0.05, 0) is 29.7 Å². The van der Waals surface area contributed by atoms with E-state index in [0.29, 0.717) is 26.1 Å². The van der Waals surface area contributed by atoms with Gasteiger partial charge in [0, 0.05) is 19.5 Å². The van der Waals surface area contributed by atoms with Crippen molar-refractivity contribution < 1.29 is 9.53 Å². The number of carbonyl (C=O) groups is 1. The van der Waals surface area contributed by atoms with Crippen LogP contribution in [0.25, 0.3) is 0 Å². The molecular formula is C18H22N2O2. The van der Waals surface area contributed by atoms with E-state index in [1.54, 1.807) is 0 Å². The molecule has 0 atom stereocenters. The first-order valence-electron chi connectivity index (χ1n) is 7.50. The highest BCUT2D eigenvalue weighted by Crippen LogP contribution is 2.14. The van der Waals surface area contributed by atoms with Crippen LogP contribution in [-0.2, 0) is 17.8 Å². The predicted molar refractivity (Wildman–Crippen MR) is 87.6 cm³/mol. The van der Waals surface area contributed by atoms with Gasteiger partial charge < -0.3 is 15.8 Å². The van der Waals surface area contributed by atoms with E-state index in [1.165, 1.54) is 5.56 Å². The zero-order valence-corrected chi connectivity index (χ0v) is 12.6. The minimum absolute atomic E-state index is 0.00492. The fourth-order valence-corrected chi connectivity index (χ4v) is 2.06. The summed E-state index contributed by atoms with van der Waals surface area (Å²) in [5, 5.41) is 2.84. The highest BCUT2D eigenvalue weighted by Gasteiger charge is 2.00. The van der Waals surface area contributed by atoms with Crippen LogP contribution in [0.15, 0.2) is 54.6 Å². The number of amides is 1. The maximum absolute atomic E-state index is 11.3. The van der Waals surface area contributed by atoms with Crippen molar-refractivity contribution in [3.63, 3.8) is 0 Å². The van der Waals surface area contributed by atoms with Crippen LogP contribution in [0.1, 0.15) is 17.5 Å². The van der Waals surface area contributed by atoms with Crippen LogP contribution in [0, 0.1) is 0 Å². The fourth-order valence-electron chi connectivity index (χ4n) is 2.06. The van der Waals surface area contributed by atoms with Gasteiger partial charge in [-0.1, -0.05) is 42.5 Å². The third-order valence-corrected chi connectivity index (χ3v) is 3.28. The summed E-state index contributed by atoms with van der Waals surface area (Å²) in [5.41, 5.74) is 7.64. The van der Waals surface area contributed by atoms with Gasteiger partial charge in [-0.2, -0.15) is 0 Å². The Balaban J connectivity index is 1.74. The van der Waals surface area contributed by atoms with Crippen molar-refractivity contribution in [3.05, 3.63) is 65.7 Å². The Morgan fingerprint density at radius 2 is 1.73 bits per heavy atom. The van der Waals surface area contributed by atoms with Gasteiger partial charge in [0.05, 0.1) is 0 Å².